The Morgan fingerprint density at radius 3 is 2.72 bits per heavy atom. The number of rotatable bonds is 5. The highest BCUT2D eigenvalue weighted by molar-refractivity contribution is 7.86. The van der Waals surface area contributed by atoms with Gasteiger partial charge in [-0.3, -0.25) is 9.00 Å². The Balaban J connectivity index is 2.75. The number of hydrogen-bond donors (Lipinski definition) is 2. The number of aliphatic hydroxyl groups excluding tert-OH is 1. The summed E-state index contributed by atoms with van der Waals surface area (Å²) in [4.78, 5) is 11.9. The Bertz CT molecular complexity index is 460. The molecule has 2 atom stereocenters. The van der Waals surface area contributed by atoms with Crippen LogP contribution in [-0.2, 0) is 15.6 Å². The van der Waals surface area contributed by atoms with Gasteiger partial charge >= 0.3 is 0 Å². The van der Waals surface area contributed by atoms with Gasteiger partial charge in [0.2, 0.25) is 5.91 Å². The molecule has 0 aromatic heterocycles. The summed E-state index contributed by atoms with van der Waals surface area (Å²) in [6.45, 7) is 5.28. The van der Waals surface area contributed by atoms with Crippen molar-refractivity contribution in [3.63, 3.8) is 0 Å². The van der Waals surface area contributed by atoms with Gasteiger partial charge in [0, 0.05) is 22.2 Å². The predicted octanol–water partition coefficient (Wildman–Crippen LogP) is 1.37. The van der Waals surface area contributed by atoms with Crippen LogP contribution in [0.15, 0.2) is 18.2 Å². The highest BCUT2D eigenvalue weighted by Gasteiger charge is 2.19. The lowest BCUT2D eigenvalue weighted by atomic mass is 10.1. The van der Waals surface area contributed by atoms with Gasteiger partial charge in [0.25, 0.3) is 0 Å². The van der Waals surface area contributed by atoms with E-state index in [0.717, 1.165) is 16.8 Å². The maximum atomic E-state index is 11.9. The van der Waals surface area contributed by atoms with Gasteiger partial charge in [-0.2, -0.15) is 0 Å². The van der Waals surface area contributed by atoms with E-state index in [1.54, 1.807) is 6.92 Å². The first kappa shape index (κ1) is 14.9. The van der Waals surface area contributed by atoms with Crippen molar-refractivity contribution in [2.24, 2.45) is 0 Å². The molecule has 0 radical (unpaired) electrons. The summed E-state index contributed by atoms with van der Waals surface area (Å²) in [5.41, 5.74) is 2.77. The predicted molar refractivity (Wildman–Crippen MR) is 74.1 cm³/mol. The van der Waals surface area contributed by atoms with Crippen LogP contribution in [0, 0.1) is 13.8 Å². The van der Waals surface area contributed by atoms with E-state index in [1.807, 2.05) is 32.0 Å². The number of carbonyl (C=O) groups excluding carboxylic acids is 1. The van der Waals surface area contributed by atoms with Gasteiger partial charge in [0.15, 0.2) is 0 Å². The molecule has 0 bridgehead atoms. The third-order valence-corrected chi connectivity index (χ3v) is 4.29. The lowest BCUT2D eigenvalue weighted by molar-refractivity contribution is -0.115. The topological polar surface area (TPSA) is 66.4 Å². The second-order valence-corrected chi connectivity index (χ2v) is 6.14. The molecule has 1 aromatic rings. The van der Waals surface area contributed by atoms with Crippen LogP contribution < -0.4 is 5.32 Å². The summed E-state index contributed by atoms with van der Waals surface area (Å²) in [6.07, 6.45) is 0. The monoisotopic (exact) mass is 269 g/mol. The van der Waals surface area contributed by atoms with Crippen molar-refractivity contribution < 1.29 is 14.1 Å². The SMILES string of the molecule is Cc1ccc(C)c(NC(=O)C(C)S(=O)CCO)c1. The molecule has 4 nitrogen and oxygen atoms in total. The average Bonchev–Trinajstić information content (AvgIpc) is 2.33. The maximum Gasteiger partial charge on any atom is 0.239 e. The first-order chi connectivity index (χ1) is 8.45. The molecule has 0 aliphatic heterocycles. The summed E-state index contributed by atoms with van der Waals surface area (Å²) >= 11 is 0. The fraction of sp³-hybridized carbons (Fsp3) is 0.462. The first-order valence-electron chi connectivity index (χ1n) is 5.82. The minimum Gasteiger partial charge on any atom is -0.395 e. The molecule has 0 aliphatic carbocycles. The molecule has 0 saturated heterocycles. The zero-order chi connectivity index (χ0) is 13.7. The van der Waals surface area contributed by atoms with Crippen LogP contribution in [0.4, 0.5) is 5.69 Å². The molecule has 100 valence electrons. The summed E-state index contributed by atoms with van der Waals surface area (Å²) in [6, 6.07) is 5.79. The molecular weight excluding hydrogens is 250 g/mol. The molecular formula is C13H19NO3S. The molecule has 2 N–H and O–H groups in total. The normalized spacial score (nSPS) is 14.0. The lowest BCUT2D eigenvalue weighted by Crippen LogP contribution is -2.31. The highest BCUT2D eigenvalue weighted by Crippen LogP contribution is 2.17. The maximum absolute atomic E-state index is 11.9. The van der Waals surface area contributed by atoms with Crippen molar-refractivity contribution in [1.29, 1.82) is 0 Å². The van der Waals surface area contributed by atoms with Crippen LogP contribution in [0.2, 0.25) is 0 Å². The Labute approximate surface area is 110 Å². The van der Waals surface area contributed by atoms with Gasteiger partial charge in [-0.1, -0.05) is 12.1 Å². The second kappa shape index (κ2) is 6.66. The second-order valence-electron chi connectivity index (χ2n) is 4.26. The molecule has 0 fully saturated rings. The zero-order valence-corrected chi connectivity index (χ0v) is 11.7. The van der Waals surface area contributed by atoms with E-state index in [1.165, 1.54) is 0 Å². The number of nitrogens with one attached hydrogen (secondary N) is 1. The number of aliphatic hydroxyl groups is 1. The third-order valence-electron chi connectivity index (χ3n) is 2.71. The zero-order valence-electron chi connectivity index (χ0n) is 10.9. The number of aryl methyl sites for hydroxylation is 2. The number of anilines is 1. The Morgan fingerprint density at radius 2 is 2.11 bits per heavy atom. The van der Waals surface area contributed by atoms with E-state index in [-0.39, 0.29) is 18.3 Å². The van der Waals surface area contributed by atoms with Gasteiger partial charge in [-0.15, -0.1) is 0 Å². The van der Waals surface area contributed by atoms with Crippen LogP contribution in [0.3, 0.4) is 0 Å². The fourth-order valence-electron chi connectivity index (χ4n) is 1.49. The van der Waals surface area contributed by atoms with Gasteiger partial charge < -0.3 is 10.4 Å². The van der Waals surface area contributed by atoms with E-state index in [2.05, 4.69) is 5.32 Å². The number of carbonyl (C=O) groups is 1. The van der Waals surface area contributed by atoms with Crippen molar-refractivity contribution in [2.75, 3.05) is 17.7 Å². The highest BCUT2D eigenvalue weighted by atomic mass is 32.2. The fourth-order valence-corrected chi connectivity index (χ4v) is 2.32. The molecule has 1 aromatic carbocycles. The Morgan fingerprint density at radius 1 is 1.44 bits per heavy atom. The van der Waals surface area contributed by atoms with Crippen LogP contribution in [0.25, 0.3) is 0 Å². The number of amides is 1. The van der Waals surface area contributed by atoms with Gasteiger partial charge in [0.1, 0.15) is 5.25 Å². The Hall–Kier alpha value is -1.20. The van der Waals surface area contributed by atoms with E-state index in [0.29, 0.717) is 0 Å². The number of hydrogen-bond acceptors (Lipinski definition) is 3. The molecule has 1 rings (SSSR count). The van der Waals surface area contributed by atoms with Crippen LogP contribution in [0.5, 0.6) is 0 Å². The standard InChI is InChI=1S/C13H19NO3S/c1-9-4-5-10(2)12(8-9)14-13(16)11(3)18(17)7-6-15/h4-5,8,11,15H,6-7H2,1-3H3,(H,14,16). The molecule has 0 aliphatic rings. The molecule has 1 amide bonds. The van der Waals surface area contributed by atoms with Crippen LogP contribution in [-0.4, -0.2) is 32.8 Å². The summed E-state index contributed by atoms with van der Waals surface area (Å²) in [5.74, 6) is -0.156. The molecule has 0 heterocycles. The summed E-state index contributed by atoms with van der Waals surface area (Å²) in [7, 11) is -1.34. The van der Waals surface area contributed by atoms with Crippen molar-refractivity contribution in [3.05, 3.63) is 29.3 Å². The van der Waals surface area contributed by atoms with Crippen molar-refractivity contribution in [2.45, 2.75) is 26.0 Å². The molecule has 0 spiro atoms. The van der Waals surface area contributed by atoms with E-state index < -0.39 is 16.0 Å². The Kier molecular flexibility index (Phi) is 5.50. The number of benzene rings is 1. The molecule has 5 heteroatoms. The van der Waals surface area contributed by atoms with E-state index >= 15 is 0 Å². The summed E-state index contributed by atoms with van der Waals surface area (Å²) < 4.78 is 11.6. The van der Waals surface area contributed by atoms with Gasteiger partial charge in [-0.25, -0.2) is 0 Å². The van der Waals surface area contributed by atoms with E-state index in [4.69, 9.17) is 5.11 Å². The van der Waals surface area contributed by atoms with Crippen LogP contribution >= 0.6 is 0 Å². The molecule has 18 heavy (non-hydrogen) atoms. The summed E-state index contributed by atoms with van der Waals surface area (Å²) in [5, 5.41) is 10.9. The minimum absolute atomic E-state index is 0.126. The smallest absolute Gasteiger partial charge is 0.239 e. The first-order valence-corrected chi connectivity index (χ1v) is 7.20. The van der Waals surface area contributed by atoms with Gasteiger partial charge in [-0.05, 0) is 38.0 Å². The third kappa shape index (κ3) is 3.92. The lowest BCUT2D eigenvalue weighted by Gasteiger charge is -2.13. The van der Waals surface area contributed by atoms with E-state index in [9.17, 15) is 9.00 Å². The average molecular weight is 269 g/mol. The quantitative estimate of drug-likeness (QED) is 0.848. The molecule has 0 saturated carbocycles. The van der Waals surface area contributed by atoms with Gasteiger partial charge in [0.05, 0.1) is 6.61 Å². The van der Waals surface area contributed by atoms with Crippen molar-refractivity contribution in [1.82, 2.24) is 0 Å². The largest absolute Gasteiger partial charge is 0.395 e. The molecule has 2 unspecified atom stereocenters. The van der Waals surface area contributed by atoms with Crippen LogP contribution in [0.1, 0.15) is 18.1 Å². The minimum atomic E-state index is -1.34. The van der Waals surface area contributed by atoms with Crippen molar-refractivity contribution in [3.8, 4) is 0 Å². The van der Waals surface area contributed by atoms with Crippen molar-refractivity contribution >= 4 is 22.4 Å².